The lowest BCUT2D eigenvalue weighted by molar-refractivity contribution is 0.0912. The first-order valence-electron chi connectivity index (χ1n) is 5.91. The molecule has 2 rings (SSSR count). The topological polar surface area (TPSA) is 40.5 Å². The molecule has 0 unspecified atom stereocenters. The van der Waals surface area contributed by atoms with Crippen LogP contribution in [0.5, 0.6) is 5.75 Å². The molecule has 0 atom stereocenters. The summed E-state index contributed by atoms with van der Waals surface area (Å²) in [6.07, 6.45) is 3.40. The zero-order chi connectivity index (χ0) is 12.3. The molecule has 0 aliphatic carbocycles. The summed E-state index contributed by atoms with van der Waals surface area (Å²) in [4.78, 5) is 14.0. The summed E-state index contributed by atoms with van der Waals surface area (Å²) < 4.78 is 13.0. The van der Waals surface area contributed by atoms with Gasteiger partial charge in [-0.25, -0.2) is 4.39 Å². The van der Waals surface area contributed by atoms with Crippen LogP contribution >= 0.6 is 0 Å². The molecule has 1 N–H and O–H groups in total. The highest BCUT2D eigenvalue weighted by Crippen LogP contribution is 2.19. The molecule has 3 nitrogen and oxygen atoms in total. The van der Waals surface area contributed by atoms with Gasteiger partial charge < -0.3 is 5.11 Å². The van der Waals surface area contributed by atoms with Crippen molar-refractivity contribution in [2.24, 2.45) is 0 Å². The summed E-state index contributed by atoms with van der Waals surface area (Å²) in [5.41, 5.74) is 0.0792. The molecule has 0 bridgehead atoms. The van der Waals surface area contributed by atoms with Crippen molar-refractivity contribution in [3.8, 4) is 5.75 Å². The van der Waals surface area contributed by atoms with Gasteiger partial charge >= 0.3 is 0 Å². The average molecular weight is 237 g/mol. The fourth-order valence-corrected chi connectivity index (χ4v) is 2.14. The highest BCUT2D eigenvalue weighted by molar-refractivity contribution is 6.00. The lowest BCUT2D eigenvalue weighted by Gasteiger charge is -2.25. The zero-order valence-electron chi connectivity index (χ0n) is 9.66. The van der Waals surface area contributed by atoms with Crippen LogP contribution in [0.1, 0.15) is 29.6 Å². The van der Waals surface area contributed by atoms with E-state index in [0.29, 0.717) is 0 Å². The van der Waals surface area contributed by atoms with Crippen LogP contribution < -0.4 is 0 Å². The van der Waals surface area contributed by atoms with E-state index in [0.717, 1.165) is 38.1 Å². The normalized spacial score (nSPS) is 17.0. The average Bonchev–Trinajstić information content (AvgIpc) is 2.33. The first-order chi connectivity index (χ1) is 8.16. The number of piperidine rings is 1. The van der Waals surface area contributed by atoms with Gasteiger partial charge in [0.1, 0.15) is 11.6 Å². The molecule has 0 radical (unpaired) electrons. The van der Waals surface area contributed by atoms with Crippen molar-refractivity contribution >= 4 is 5.78 Å². The number of likely N-dealkylation sites (tertiary alicyclic amines) is 1. The Bertz CT molecular complexity index is 414. The van der Waals surface area contributed by atoms with Crippen molar-refractivity contribution in [3.63, 3.8) is 0 Å². The fourth-order valence-electron chi connectivity index (χ4n) is 2.14. The molecule has 4 heteroatoms. The smallest absolute Gasteiger partial charge is 0.180 e. The zero-order valence-corrected chi connectivity index (χ0v) is 9.66. The molecule has 1 fully saturated rings. The number of phenolic OH excluding ortho intramolecular Hbond substituents is 1. The van der Waals surface area contributed by atoms with Crippen LogP contribution in [-0.4, -0.2) is 35.4 Å². The molecule has 1 saturated heterocycles. The molecular formula is C13H16FNO2. The second-order valence-electron chi connectivity index (χ2n) is 4.42. The Balaban J connectivity index is 2.05. The van der Waals surface area contributed by atoms with Crippen LogP contribution in [0.25, 0.3) is 0 Å². The van der Waals surface area contributed by atoms with E-state index >= 15 is 0 Å². The van der Waals surface area contributed by atoms with Gasteiger partial charge in [0, 0.05) is 0 Å². The number of aromatic hydroxyl groups is 1. The van der Waals surface area contributed by atoms with E-state index < -0.39 is 5.82 Å². The summed E-state index contributed by atoms with van der Waals surface area (Å²) in [6, 6.07) is 3.47. The molecule has 0 aromatic heterocycles. The Kier molecular flexibility index (Phi) is 3.74. The first-order valence-corrected chi connectivity index (χ1v) is 5.91. The number of carbonyl (C=O) groups is 1. The Morgan fingerprint density at radius 2 is 2.00 bits per heavy atom. The minimum absolute atomic E-state index is 0.0792. The van der Waals surface area contributed by atoms with E-state index in [2.05, 4.69) is 4.90 Å². The van der Waals surface area contributed by atoms with Crippen LogP contribution in [0.15, 0.2) is 18.2 Å². The predicted molar refractivity (Wildman–Crippen MR) is 62.7 cm³/mol. The van der Waals surface area contributed by atoms with Gasteiger partial charge in [-0.3, -0.25) is 9.69 Å². The molecule has 0 saturated carbocycles. The molecule has 1 aromatic carbocycles. The second-order valence-corrected chi connectivity index (χ2v) is 4.42. The third-order valence-electron chi connectivity index (χ3n) is 3.07. The maximum absolute atomic E-state index is 13.0. The molecular weight excluding hydrogens is 221 g/mol. The lowest BCUT2D eigenvalue weighted by Crippen LogP contribution is -2.34. The van der Waals surface area contributed by atoms with Crippen molar-refractivity contribution in [1.29, 1.82) is 0 Å². The number of nitrogens with zero attached hydrogens (tertiary/aromatic N) is 1. The Morgan fingerprint density at radius 3 is 2.71 bits per heavy atom. The molecule has 0 amide bonds. The number of hydrogen-bond donors (Lipinski definition) is 1. The number of carbonyl (C=O) groups excluding carboxylic acids is 1. The van der Waals surface area contributed by atoms with E-state index in [1.165, 1.54) is 12.5 Å². The standard InChI is InChI=1S/C13H16FNO2/c14-10-4-5-12(16)11(8-10)13(17)9-15-6-2-1-3-7-15/h4-5,8,16H,1-3,6-7,9H2. The summed E-state index contributed by atoms with van der Waals surface area (Å²) in [6.45, 7) is 2.07. The minimum atomic E-state index is -0.496. The van der Waals surface area contributed by atoms with Gasteiger partial charge in [-0.1, -0.05) is 6.42 Å². The number of rotatable bonds is 3. The van der Waals surface area contributed by atoms with E-state index in [1.807, 2.05) is 0 Å². The monoisotopic (exact) mass is 237 g/mol. The maximum atomic E-state index is 13.0. The molecule has 92 valence electrons. The Morgan fingerprint density at radius 1 is 1.29 bits per heavy atom. The second kappa shape index (κ2) is 5.27. The van der Waals surface area contributed by atoms with Crippen LogP contribution in [0, 0.1) is 5.82 Å². The van der Waals surface area contributed by atoms with Gasteiger partial charge in [-0.2, -0.15) is 0 Å². The molecule has 1 heterocycles. The molecule has 1 aliphatic heterocycles. The number of benzene rings is 1. The Labute approximate surface area is 99.9 Å². The number of halogens is 1. The Hall–Kier alpha value is -1.42. The van der Waals surface area contributed by atoms with Gasteiger partial charge in [0.2, 0.25) is 0 Å². The summed E-state index contributed by atoms with van der Waals surface area (Å²) >= 11 is 0. The van der Waals surface area contributed by atoms with Crippen molar-refractivity contribution in [2.75, 3.05) is 19.6 Å². The van der Waals surface area contributed by atoms with Gasteiger partial charge in [0.05, 0.1) is 12.1 Å². The van der Waals surface area contributed by atoms with Gasteiger partial charge in [-0.15, -0.1) is 0 Å². The van der Waals surface area contributed by atoms with Crippen molar-refractivity contribution in [1.82, 2.24) is 4.90 Å². The van der Waals surface area contributed by atoms with Crippen LogP contribution in [0.2, 0.25) is 0 Å². The third kappa shape index (κ3) is 3.03. The number of phenols is 1. The van der Waals surface area contributed by atoms with Gasteiger partial charge in [0.25, 0.3) is 0 Å². The number of ketones is 1. The summed E-state index contributed by atoms with van der Waals surface area (Å²) in [5, 5.41) is 9.53. The molecule has 0 spiro atoms. The van der Waals surface area contributed by atoms with Crippen LogP contribution in [-0.2, 0) is 0 Å². The predicted octanol–water partition coefficient (Wildman–Crippen LogP) is 2.20. The van der Waals surface area contributed by atoms with Crippen molar-refractivity contribution < 1.29 is 14.3 Å². The van der Waals surface area contributed by atoms with Crippen molar-refractivity contribution in [3.05, 3.63) is 29.6 Å². The molecule has 1 aliphatic rings. The largest absolute Gasteiger partial charge is 0.507 e. The van der Waals surface area contributed by atoms with E-state index in [-0.39, 0.29) is 23.6 Å². The number of hydrogen-bond acceptors (Lipinski definition) is 3. The highest BCUT2D eigenvalue weighted by Gasteiger charge is 2.17. The van der Waals surface area contributed by atoms with Gasteiger partial charge in [0.15, 0.2) is 5.78 Å². The first kappa shape index (κ1) is 12.0. The maximum Gasteiger partial charge on any atom is 0.180 e. The molecule has 17 heavy (non-hydrogen) atoms. The van der Waals surface area contributed by atoms with Crippen molar-refractivity contribution in [2.45, 2.75) is 19.3 Å². The van der Waals surface area contributed by atoms with Crippen LogP contribution in [0.4, 0.5) is 4.39 Å². The van der Waals surface area contributed by atoms with E-state index in [4.69, 9.17) is 0 Å². The quantitative estimate of drug-likeness (QED) is 0.819. The highest BCUT2D eigenvalue weighted by atomic mass is 19.1. The number of Topliss-reactive ketones (excluding diaryl/α,β-unsaturated/α-hetero) is 1. The fraction of sp³-hybridized carbons (Fsp3) is 0.462. The van der Waals surface area contributed by atoms with E-state index in [1.54, 1.807) is 0 Å². The summed E-state index contributed by atoms with van der Waals surface area (Å²) in [7, 11) is 0. The van der Waals surface area contributed by atoms with Gasteiger partial charge in [-0.05, 0) is 44.1 Å². The van der Waals surface area contributed by atoms with Crippen LogP contribution in [0.3, 0.4) is 0 Å². The lowest BCUT2D eigenvalue weighted by atomic mass is 10.1. The van der Waals surface area contributed by atoms with E-state index in [9.17, 15) is 14.3 Å². The minimum Gasteiger partial charge on any atom is -0.507 e. The third-order valence-corrected chi connectivity index (χ3v) is 3.07. The molecule has 1 aromatic rings. The SMILES string of the molecule is O=C(CN1CCCCC1)c1cc(F)ccc1O. The summed E-state index contributed by atoms with van der Waals surface area (Å²) in [5.74, 6) is -0.859.